The van der Waals surface area contributed by atoms with E-state index in [0.717, 1.165) is 67.4 Å². The molecule has 2 fully saturated rings. The molecular weight excluding hydrogens is 561 g/mol. The summed E-state index contributed by atoms with van der Waals surface area (Å²) < 4.78 is 28.4. The number of aromatic carboxylic acids is 1. The van der Waals surface area contributed by atoms with E-state index in [4.69, 9.17) is 26.1 Å². The Balaban J connectivity index is 1.08. The molecule has 3 aromatic heterocycles. The van der Waals surface area contributed by atoms with Gasteiger partial charge in [-0.15, -0.1) is 0 Å². The average molecular weight is 592 g/mol. The second-order valence-corrected chi connectivity index (χ2v) is 12.1. The van der Waals surface area contributed by atoms with E-state index < -0.39 is 18.1 Å². The molecule has 1 saturated heterocycles. The van der Waals surface area contributed by atoms with Crippen molar-refractivity contribution in [3.8, 4) is 11.5 Å². The Morgan fingerprint density at radius 1 is 1.12 bits per heavy atom. The molecule has 3 aliphatic rings. The standard InChI is InChI=1S/C31H31ClFN5O4/c32-20-4-5-22(34-14-20)26-16-41-25-3-1-2-21(28(25)42-26)19-8-12-37(13-9-19)15-27-35-23-6-7-24(30(39)40)36-29(23)38(27)18-31(17-33)10-11-31/h1-7,14,19,26H,8-13,15-18H2,(H,39,40)/t26-/m1/s1. The van der Waals surface area contributed by atoms with E-state index in [9.17, 15) is 14.3 Å². The lowest BCUT2D eigenvalue weighted by Crippen LogP contribution is -2.34. The van der Waals surface area contributed by atoms with E-state index in [1.165, 1.54) is 6.07 Å². The lowest BCUT2D eigenvalue weighted by Gasteiger charge is -2.34. The van der Waals surface area contributed by atoms with Gasteiger partial charge in [0.1, 0.15) is 17.9 Å². The van der Waals surface area contributed by atoms with Gasteiger partial charge in [-0.1, -0.05) is 23.7 Å². The van der Waals surface area contributed by atoms with Crippen LogP contribution in [0.5, 0.6) is 11.5 Å². The fourth-order valence-corrected chi connectivity index (χ4v) is 6.17. The molecule has 1 N–H and O–H groups in total. The number of hydrogen-bond acceptors (Lipinski definition) is 7. The fraction of sp³-hybridized carbons (Fsp3) is 0.419. The van der Waals surface area contributed by atoms with Crippen LogP contribution in [0, 0.1) is 5.41 Å². The molecule has 9 nitrogen and oxygen atoms in total. The van der Waals surface area contributed by atoms with E-state index in [1.54, 1.807) is 12.3 Å². The predicted molar refractivity (Wildman–Crippen MR) is 154 cm³/mol. The van der Waals surface area contributed by atoms with Crippen LogP contribution in [0.3, 0.4) is 0 Å². The van der Waals surface area contributed by atoms with Gasteiger partial charge in [-0.2, -0.15) is 0 Å². The van der Waals surface area contributed by atoms with Crippen molar-refractivity contribution in [3.63, 3.8) is 0 Å². The quantitative estimate of drug-likeness (QED) is 0.273. The van der Waals surface area contributed by atoms with Crippen molar-refractivity contribution in [2.75, 3.05) is 26.4 Å². The number of carboxylic acid groups (broad SMARTS) is 1. The predicted octanol–water partition coefficient (Wildman–Crippen LogP) is 5.82. The normalized spacial score (nSPS) is 20.1. The van der Waals surface area contributed by atoms with Crippen LogP contribution in [-0.4, -0.2) is 61.9 Å². The molecule has 0 unspecified atom stereocenters. The summed E-state index contributed by atoms with van der Waals surface area (Å²) in [6, 6.07) is 12.9. The van der Waals surface area contributed by atoms with Crippen LogP contribution in [0.4, 0.5) is 4.39 Å². The number of likely N-dealkylation sites (tertiary alicyclic amines) is 1. The number of pyridine rings is 2. The molecule has 11 heteroatoms. The summed E-state index contributed by atoms with van der Waals surface area (Å²) in [7, 11) is 0. The minimum Gasteiger partial charge on any atom is -0.485 e. The highest BCUT2D eigenvalue weighted by Crippen LogP contribution is 2.48. The highest BCUT2D eigenvalue weighted by atomic mass is 35.5. The summed E-state index contributed by atoms with van der Waals surface area (Å²) in [5.74, 6) is 1.55. The van der Waals surface area contributed by atoms with Crippen LogP contribution in [-0.2, 0) is 13.1 Å². The number of fused-ring (bicyclic) bond motifs is 2. The first-order valence-corrected chi connectivity index (χ1v) is 14.7. The zero-order chi connectivity index (χ0) is 28.8. The molecule has 1 saturated carbocycles. The fourth-order valence-electron chi connectivity index (χ4n) is 6.06. The van der Waals surface area contributed by atoms with Gasteiger partial charge in [-0.05, 0) is 75.0 Å². The number of alkyl halides is 1. The molecule has 0 bridgehead atoms. The van der Waals surface area contributed by atoms with E-state index in [-0.39, 0.29) is 11.8 Å². The van der Waals surface area contributed by atoms with Crippen molar-refractivity contribution in [1.82, 2.24) is 24.4 Å². The highest BCUT2D eigenvalue weighted by Gasteiger charge is 2.44. The molecule has 0 radical (unpaired) electrons. The number of nitrogens with zero attached hydrogens (tertiary/aromatic N) is 5. The first-order valence-electron chi connectivity index (χ1n) is 14.3. The van der Waals surface area contributed by atoms with Crippen molar-refractivity contribution in [1.29, 1.82) is 0 Å². The molecule has 7 rings (SSSR count). The molecule has 1 aliphatic carbocycles. The Labute approximate surface area is 247 Å². The maximum atomic E-state index is 13.9. The van der Waals surface area contributed by atoms with Crippen LogP contribution in [0.25, 0.3) is 11.2 Å². The number of piperidine rings is 1. The largest absolute Gasteiger partial charge is 0.485 e. The van der Waals surface area contributed by atoms with Crippen molar-refractivity contribution in [3.05, 3.63) is 76.5 Å². The van der Waals surface area contributed by atoms with E-state index in [2.05, 4.69) is 20.9 Å². The zero-order valence-electron chi connectivity index (χ0n) is 23.0. The van der Waals surface area contributed by atoms with Gasteiger partial charge in [-0.25, -0.2) is 14.8 Å². The summed E-state index contributed by atoms with van der Waals surface area (Å²) in [5, 5.41) is 10.1. The minimum absolute atomic E-state index is 0.0346. The van der Waals surface area contributed by atoms with Crippen LogP contribution in [0.15, 0.2) is 48.7 Å². The maximum Gasteiger partial charge on any atom is 0.354 e. The van der Waals surface area contributed by atoms with Gasteiger partial charge in [-0.3, -0.25) is 14.3 Å². The Morgan fingerprint density at radius 2 is 1.95 bits per heavy atom. The van der Waals surface area contributed by atoms with Crippen LogP contribution >= 0.6 is 11.6 Å². The first kappa shape index (κ1) is 27.1. The Hall–Kier alpha value is -3.76. The number of rotatable bonds is 8. The average Bonchev–Trinajstić information content (AvgIpc) is 3.72. The molecule has 0 spiro atoms. The molecule has 4 aromatic rings. The maximum absolute atomic E-state index is 13.9. The van der Waals surface area contributed by atoms with Gasteiger partial charge in [0.2, 0.25) is 0 Å². The lowest BCUT2D eigenvalue weighted by atomic mass is 9.88. The third kappa shape index (κ3) is 5.18. The number of para-hydroxylation sites is 1. The molecule has 0 amide bonds. The van der Waals surface area contributed by atoms with Gasteiger partial charge in [0.25, 0.3) is 0 Å². The summed E-state index contributed by atoms with van der Waals surface area (Å²) in [5.41, 5.74) is 2.64. The Morgan fingerprint density at radius 3 is 2.67 bits per heavy atom. The van der Waals surface area contributed by atoms with Crippen LogP contribution in [0.2, 0.25) is 5.02 Å². The zero-order valence-corrected chi connectivity index (χ0v) is 23.8. The van der Waals surface area contributed by atoms with E-state index in [0.29, 0.717) is 41.8 Å². The summed E-state index contributed by atoms with van der Waals surface area (Å²) in [4.78, 5) is 27.6. The molecule has 42 heavy (non-hydrogen) atoms. The number of halogens is 2. The van der Waals surface area contributed by atoms with Gasteiger partial charge in [0.15, 0.2) is 28.9 Å². The number of hydrogen-bond donors (Lipinski definition) is 1. The molecule has 2 aliphatic heterocycles. The number of aromatic nitrogens is 4. The summed E-state index contributed by atoms with van der Waals surface area (Å²) in [6.45, 7) is 2.73. The SMILES string of the molecule is O=C(O)c1ccc2nc(CN3CCC(c4cccc5c4O[C@@H](c4ccc(Cl)cn4)CO5)CC3)n(CC3(CF)CC3)c2n1. The van der Waals surface area contributed by atoms with Crippen LogP contribution < -0.4 is 9.47 Å². The van der Waals surface area contributed by atoms with Crippen molar-refractivity contribution in [2.45, 2.75) is 50.8 Å². The van der Waals surface area contributed by atoms with Gasteiger partial charge in [0.05, 0.1) is 23.9 Å². The summed E-state index contributed by atoms with van der Waals surface area (Å²) >= 11 is 6.02. The summed E-state index contributed by atoms with van der Waals surface area (Å²) in [6.07, 6.45) is 4.80. The van der Waals surface area contributed by atoms with Gasteiger partial charge < -0.3 is 19.1 Å². The van der Waals surface area contributed by atoms with Gasteiger partial charge >= 0.3 is 5.97 Å². The second kappa shape index (κ2) is 10.8. The van der Waals surface area contributed by atoms with E-state index in [1.807, 2.05) is 28.8 Å². The topological polar surface area (TPSA) is 103 Å². The van der Waals surface area contributed by atoms with Crippen molar-refractivity contribution < 1.29 is 23.8 Å². The minimum atomic E-state index is -1.09. The molecule has 1 atom stereocenters. The highest BCUT2D eigenvalue weighted by molar-refractivity contribution is 6.30. The number of carboxylic acids is 1. The number of benzene rings is 1. The molecule has 5 heterocycles. The van der Waals surface area contributed by atoms with Crippen LogP contribution in [0.1, 0.15) is 65.3 Å². The Kier molecular flexibility index (Phi) is 6.98. The monoisotopic (exact) mass is 591 g/mol. The Bertz CT molecular complexity index is 1630. The van der Waals surface area contributed by atoms with E-state index >= 15 is 0 Å². The van der Waals surface area contributed by atoms with Crippen molar-refractivity contribution in [2.24, 2.45) is 5.41 Å². The van der Waals surface area contributed by atoms with Gasteiger partial charge in [0, 0.05) is 23.7 Å². The third-order valence-electron chi connectivity index (χ3n) is 8.76. The lowest BCUT2D eigenvalue weighted by molar-refractivity contribution is 0.0691. The number of carbonyl (C=O) groups is 1. The molecule has 218 valence electrons. The number of imidazole rings is 1. The molecule has 1 aromatic carbocycles. The second-order valence-electron chi connectivity index (χ2n) is 11.6. The first-order chi connectivity index (χ1) is 20.4. The van der Waals surface area contributed by atoms with Crippen molar-refractivity contribution >= 4 is 28.7 Å². The smallest absolute Gasteiger partial charge is 0.354 e. The molecular formula is C31H31ClFN5O4. The number of ether oxygens (including phenoxy) is 2. The third-order valence-corrected chi connectivity index (χ3v) is 8.98.